The van der Waals surface area contributed by atoms with E-state index >= 15 is 0 Å². The van der Waals surface area contributed by atoms with Crippen LogP contribution in [0.5, 0.6) is 5.75 Å². The predicted molar refractivity (Wildman–Crippen MR) is 51.5 cm³/mol. The van der Waals surface area contributed by atoms with Crippen LogP contribution in [0.15, 0.2) is 12.1 Å². The van der Waals surface area contributed by atoms with Gasteiger partial charge >= 0.3 is 0 Å². The van der Waals surface area contributed by atoms with E-state index in [1.165, 1.54) is 6.07 Å². The summed E-state index contributed by atoms with van der Waals surface area (Å²) in [7, 11) is 0. The van der Waals surface area contributed by atoms with Crippen LogP contribution in [0.3, 0.4) is 0 Å². The summed E-state index contributed by atoms with van der Waals surface area (Å²) in [6, 6.07) is 3.06. The van der Waals surface area contributed by atoms with Crippen molar-refractivity contribution < 1.29 is 5.11 Å². The number of hydrogen-bond donors (Lipinski definition) is 2. The van der Waals surface area contributed by atoms with Crippen LogP contribution in [0.1, 0.15) is 12.1 Å². The van der Waals surface area contributed by atoms with Crippen LogP contribution in [0, 0.1) is 11.8 Å². The minimum Gasteiger partial charge on any atom is -0.505 e. The van der Waals surface area contributed by atoms with Gasteiger partial charge in [-0.15, -0.1) is 0 Å². The molecule has 0 aliphatic heterocycles. The maximum Gasteiger partial charge on any atom is 0.172 e. The molecule has 13 heavy (non-hydrogen) atoms. The fraction of sp³-hybridized carbons (Fsp3) is 0.222. The molecule has 0 unspecified atom stereocenters. The van der Waals surface area contributed by atoms with Crippen LogP contribution in [0.2, 0.25) is 5.15 Å². The van der Waals surface area contributed by atoms with Gasteiger partial charge < -0.3 is 10.8 Å². The van der Waals surface area contributed by atoms with Crippen LogP contribution in [-0.4, -0.2) is 16.6 Å². The number of nitrogens with zero attached hydrogens (tertiary/aromatic N) is 1. The lowest BCUT2D eigenvalue weighted by Crippen LogP contribution is -1.95. The number of aromatic nitrogens is 1. The molecule has 0 spiro atoms. The van der Waals surface area contributed by atoms with E-state index in [1.54, 1.807) is 6.07 Å². The fourth-order valence-corrected chi connectivity index (χ4v) is 0.876. The van der Waals surface area contributed by atoms with E-state index in [1.807, 2.05) is 0 Å². The molecule has 4 heteroatoms. The van der Waals surface area contributed by atoms with E-state index in [0.717, 1.165) is 0 Å². The van der Waals surface area contributed by atoms with Crippen molar-refractivity contribution in [3.05, 3.63) is 23.0 Å². The van der Waals surface area contributed by atoms with Crippen molar-refractivity contribution >= 4 is 11.6 Å². The second-order valence-electron chi connectivity index (χ2n) is 2.35. The van der Waals surface area contributed by atoms with Crippen LogP contribution >= 0.6 is 11.6 Å². The van der Waals surface area contributed by atoms with E-state index in [0.29, 0.717) is 18.7 Å². The molecule has 0 saturated carbocycles. The highest BCUT2D eigenvalue weighted by Gasteiger charge is 1.98. The van der Waals surface area contributed by atoms with E-state index in [4.69, 9.17) is 22.4 Å². The Balaban J connectivity index is 2.81. The minimum atomic E-state index is -0.0361. The third kappa shape index (κ3) is 2.94. The first-order valence-electron chi connectivity index (χ1n) is 3.78. The number of hydrogen-bond acceptors (Lipinski definition) is 3. The fourth-order valence-electron chi connectivity index (χ4n) is 0.722. The lowest BCUT2D eigenvalue weighted by Gasteiger charge is -1.94. The normalized spacial score (nSPS) is 9.08. The molecule has 3 N–H and O–H groups in total. The van der Waals surface area contributed by atoms with E-state index in [9.17, 15) is 0 Å². The first-order valence-corrected chi connectivity index (χ1v) is 4.16. The summed E-state index contributed by atoms with van der Waals surface area (Å²) >= 11 is 5.57. The molecule has 0 radical (unpaired) electrons. The van der Waals surface area contributed by atoms with Crippen LogP contribution in [0.4, 0.5) is 0 Å². The lowest BCUT2D eigenvalue weighted by atomic mass is 10.3. The largest absolute Gasteiger partial charge is 0.505 e. The molecule has 1 aromatic rings. The summed E-state index contributed by atoms with van der Waals surface area (Å²) < 4.78 is 0. The van der Waals surface area contributed by atoms with Gasteiger partial charge in [-0.05, 0) is 18.1 Å². The van der Waals surface area contributed by atoms with Gasteiger partial charge in [-0.25, -0.2) is 4.98 Å². The van der Waals surface area contributed by atoms with Crippen LogP contribution in [0.25, 0.3) is 0 Å². The van der Waals surface area contributed by atoms with Gasteiger partial charge in [0, 0.05) is 13.0 Å². The number of rotatable bonds is 1. The van der Waals surface area contributed by atoms with Gasteiger partial charge in [0.05, 0.1) is 0 Å². The zero-order valence-electron chi connectivity index (χ0n) is 6.92. The molecule has 0 amide bonds. The third-order valence-corrected chi connectivity index (χ3v) is 1.59. The average Bonchev–Trinajstić information content (AvgIpc) is 2.12. The summed E-state index contributed by atoms with van der Waals surface area (Å²) in [5.74, 6) is 5.56. The molecule has 0 aliphatic rings. The first-order chi connectivity index (χ1) is 6.24. The third-order valence-electron chi connectivity index (χ3n) is 1.31. The lowest BCUT2D eigenvalue weighted by molar-refractivity contribution is 0.473. The summed E-state index contributed by atoms with van der Waals surface area (Å²) in [4.78, 5) is 3.85. The highest BCUT2D eigenvalue weighted by molar-refractivity contribution is 6.30. The Hall–Kier alpha value is -1.24. The molecular weight excluding hydrogens is 188 g/mol. The standard InChI is InChI=1S/C9H9ClN2O/c10-9-8(13)5-4-7(12-9)3-1-2-6-11/h4-5,13H,2,6,11H2. The smallest absolute Gasteiger partial charge is 0.172 e. The Morgan fingerprint density at radius 2 is 2.31 bits per heavy atom. The number of pyridine rings is 1. The molecule has 0 saturated heterocycles. The van der Waals surface area contributed by atoms with Gasteiger partial charge in [0.1, 0.15) is 5.69 Å². The Labute approximate surface area is 81.5 Å². The predicted octanol–water partition coefficient (Wildman–Crippen LogP) is 1.14. The van der Waals surface area contributed by atoms with Crippen molar-refractivity contribution in [1.29, 1.82) is 0 Å². The highest BCUT2D eigenvalue weighted by Crippen LogP contribution is 2.19. The molecule has 0 aliphatic carbocycles. The van der Waals surface area contributed by atoms with Gasteiger partial charge in [0.15, 0.2) is 10.9 Å². The van der Waals surface area contributed by atoms with Crippen molar-refractivity contribution in [2.45, 2.75) is 6.42 Å². The van der Waals surface area contributed by atoms with E-state index in [2.05, 4.69) is 16.8 Å². The van der Waals surface area contributed by atoms with Crippen molar-refractivity contribution in [1.82, 2.24) is 4.98 Å². The monoisotopic (exact) mass is 196 g/mol. The van der Waals surface area contributed by atoms with E-state index in [-0.39, 0.29) is 10.9 Å². The van der Waals surface area contributed by atoms with Crippen molar-refractivity contribution in [2.24, 2.45) is 5.73 Å². The zero-order chi connectivity index (χ0) is 9.68. The summed E-state index contributed by atoms with van der Waals surface area (Å²) in [6.45, 7) is 0.527. The molecule has 1 aromatic heterocycles. The highest BCUT2D eigenvalue weighted by atomic mass is 35.5. The van der Waals surface area contributed by atoms with E-state index < -0.39 is 0 Å². The van der Waals surface area contributed by atoms with Gasteiger partial charge in [-0.1, -0.05) is 17.5 Å². The first kappa shape index (κ1) is 9.85. The molecule has 68 valence electrons. The average molecular weight is 197 g/mol. The van der Waals surface area contributed by atoms with Gasteiger partial charge in [0.2, 0.25) is 0 Å². The van der Waals surface area contributed by atoms with Gasteiger partial charge in [-0.2, -0.15) is 0 Å². The van der Waals surface area contributed by atoms with Crippen LogP contribution < -0.4 is 5.73 Å². The van der Waals surface area contributed by atoms with Crippen molar-refractivity contribution in [3.8, 4) is 17.6 Å². The van der Waals surface area contributed by atoms with Gasteiger partial charge in [-0.3, -0.25) is 0 Å². The number of nitrogens with two attached hydrogens (primary N) is 1. The van der Waals surface area contributed by atoms with Crippen molar-refractivity contribution in [3.63, 3.8) is 0 Å². The molecule has 0 aromatic carbocycles. The molecule has 3 nitrogen and oxygen atoms in total. The maximum atomic E-state index is 9.05. The van der Waals surface area contributed by atoms with Gasteiger partial charge in [0.25, 0.3) is 0 Å². The maximum absolute atomic E-state index is 9.05. The van der Waals surface area contributed by atoms with Crippen molar-refractivity contribution in [2.75, 3.05) is 6.54 Å². The SMILES string of the molecule is NCCC#Cc1ccc(O)c(Cl)n1. The Morgan fingerprint density at radius 3 is 2.92 bits per heavy atom. The number of aromatic hydroxyl groups is 1. The second-order valence-corrected chi connectivity index (χ2v) is 2.70. The van der Waals surface area contributed by atoms with Crippen LogP contribution in [-0.2, 0) is 0 Å². The molecule has 0 bridgehead atoms. The molecular formula is C9H9ClN2O. The Morgan fingerprint density at radius 1 is 1.54 bits per heavy atom. The quantitative estimate of drug-likeness (QED) is 0.523. The molecule has 0 atom stereocenters. The summed E-state index contributed by atoms with van der Waals surface area (Å²) in [5.41, 5.74) is 5.80. The second kappa shape index (κ2) is 4.70. The Bertz CT molecular complexity index is 354. The summed E-state index contributed by atoms with van der Waals surface area (Å²) in [5, 5.41) is 9.12. The zero-order valence-corrected chi connectivity index (χ0v) is 7.67. The topological polar surface area (TPSA) is 59.1 Å². The summed E-state index contributed by atoms with van der Waals surface area (Å²) in [6.07, 6.45) is 0.625. The molecule has 0 fully saturated rings. The molecule has 1 heterocycles. The number of halogens is 1. The Kier molecular flexibility index (Phi) is 3.56. The minimum absolute atomic E-state index is 0.0361. The molecule has 1 rings (SSSR count).